The molecule has 0 radical (unpaired) electrons. The zero-order valence-corrected chi connectivity index (χ0v) is 15.4. The number of non-ortho nitro benzene ring substituents is 1. The standard InChI is InChI=1S/C17H11N3O8S/c1-27-13-4-2-9(7-15-16(21)18-17(22)29-15)6-14(13)28-12-5-3-10(19(23)24)8-11(12)20(25)26/h2-8H,1H3,(H,18,21,22)/b15-7-. The van der Waals surface area contributed by atoms with Gasteiger partial charge in [0.15, 0.2) is 11.5 Å². The number of carbonyl (C=O) groups is 2. The molecule has 0 spiro atoms. The predicted octanol–water partition coefficient (Wildman–Crippen LogP) is 3.63. The Bertz CT molecular complexity index is 1080. The predicted molar refractivity (Wildman–Crippen MR) is 102 cm³/mol. The summed E-state index contributed by atoms with van der Waals surface area (Å²) in [4.78, 5) is 43.7. The fourth-order valence-corrected chi connectivity index (χ4v) is 3.08. The number of carbonyl (C=O) groups excluding carboxylic acids is 2. The van der Waals surface area contributed by atoms with Gasteiger partial charge in [0, 0.05) is 6.07 Å². The molecule has 1 heterocycles. The SMILES string of the molecule is COc1ccc(/C=C2\SC(=O)NC2=O)cc1Oc1ccc([N+](=O)[O-])cc1[N+](=O)[O-]. The molecule has 2 amide bonds. The molecule has 11 nitrogen and oxygen atoms in total. The average molecular weight is 417 g/mol. The summed E-state index contributed by atoms with van der Waals surface area (Å²) in [5.74, 6) is -0.455. The van der Waals surface area contributed by atoms with Crippen LogP contribution in [0.5, 0.6) is 17.2 Å². The first-order chi connectivity index (χ1) is 13.8. The van der Waals surface area contributed by atoms with E-state index in [1.807, 2.05) is 0 Å². The molecular formula is C17H11N3O8S. The monoisotopic (exact) mass is 417 g/mol. The number of hydrogen-bond donors (Lipinski definition) is 1. The van der Waals surface area contributed by atoms with Gasteiger partial charge in [0.25, 0.3) is 16.8 Å². The molecule has 1 fully saturated rings. The van der Waals surface area contributed by atoms with Crippen molar-refractivity contribution in [2.45, 2.75) is 0 Å². The summed E-state index contributed by atoms with van der Waals surface area (Å²) in [7, 11) is 1.36. The van der Waals surface area contributed by atoms with E-state index in [0.717, 1.165) is 30.0 Å². The molecule has 1 aliphatic heterocycles. The highest BCUT2D eigenvalue weighted by atomic mass is 32.2. The lowest BCUT2D eigenvalue weighted by Crippen LogP contribution is -2.17. The van der Waals surface area contributed by atoms with E-state index >= 15 is 0 Å². The normalized spacial score (nSPS) is 14.6. The summed E-state index contributed by atoms with van der Waals surface area (Å²) in [5.41, 5.74) is -0.581. The number of nitro benzene ring substituents is 2. The Kier molecular flexibility index (Phi) is 5.45. The molecule has 12 heteroatoms. The van der Waals surface area contributed by atoms with E-state index in [1.54, 1.807) is 6.07 Å². The van der Waals surface area contributed by atoms with E-state index in [4.69, 9.17) is 9.47 Å². The highest BCUT2D eigenvalue weighted by molar-refractivity contribution is 8.18. The first-order valence-electron chi connectivity index (χ1n) is 7.82. The van der Waals surface area contributed by atoms with Crippen LogP contribution in [0.3, 0.4) is 0 Å². The zero-order chi connectivity index (χ0) is 21.1. The van der Waals surface area contributed by atoms with Crippen LogP contribution >= 0.6 is 11.8 Å². The molecule has 2 aromatic rings. The molecule has 1 saturated heterocycles. The van der Waals surface area contributed by atoms with Crippen molar-refractivity contribution in [2.24, 2.45) is 0 Å². The van der Waals surface area contributed by atoms with Crippen LogP contribution in [0.1, 0.15) is 5.56 Å². The second kappa shape index (κ2) is 7.98. The molecular weight excluding hydrogens is 406 g/mol. The topological polar surface area (TPSA) is 151 Å². The van der Waals surface area contributed by atoms with Crippen molar-refractivity contribution < 1.29 is 28.9 Å². The van der Waals surface area contributed by atoms with Crippen LogP contribution in [0, 0.1) is 20.2 Å². The number of hydrogen-bond acceptors (Lipinski definition) is 9. The van der Waals surface area contributed by atoms with Crippen LogP contribution in [0.2, 0.25) is 0 Å². The summed E-state index contributed by atoms with van der Waals surface area (Å²) in [6.45, 7) is 0. The fourth-order valence-electron chi connectivity index (χ4n) is 2.40. The second-order valence-electron chi connectivity index (χ2n) is 5.53. The largest absolute Gasteiger partial charge is 0.493 e. The zero-order valence-electron chi connectivity index (χ0n) is 14.6. The number of nitrogens with zero attached hydrogens (tertiary/aromatic N) is 2. The summed E-state index contributed by atoms with van der Waals surface area (Å²) < 4.78 is 10.8. The van der Waals surface area contributed by atoms with Crippen molar-refractivity contribution in [3.05, 3.63) is 67.1 Å². The van der Waals surface area contributed by atoms with Crippen molar-refractivity contribution in [3.8, 4) is 17.2 Å². The van der Waals surface area contributed by atoms with E-state index < -0.39 is 32.4 Å². The third-order valence-electron chi connectivity index (χ3n) is 3.70. The second-order valence-corrected chi connectivity index (χ2v) is 6.55. The number of ether oxygens (including phenoxy) is 2. The molecule has 0 unspecified atom stereocenters. The van der Waals surface area contributed by atoms with Gasteiger partial charge in [0.05, 0.1) is 27.9 Å². The fraction of sp³-hybridized carbons (Fsp3) is 0.0588. The number of rotatable bonds is 6. The molecule has 1 N–H and O–H groups in total. The van der Waals surface area contributed by atoms with Gasteiger partial charge in [-0.1, -0.05) is 6.07 Å². The van der Waals surface area contributed by atoms with Gasteiger partial charge in [0.1, 0.15) is 0 Å². The number of imide groups is 1. The number of benzene rings is 2. The third-order valence-corrected chi connectivity index (χ3v) is 4.51. The maximum absolute atomic E-state index is 11.7. The smallest absolute Gasteiger partial charge is 0.318 e. The average Bonchev–Trinajstić information content (AvgIpc) is 2.98. The summed E-state index contributed by atoms with van der Waals surface area (Å²) in [5, 5.41) is 23.8. The van der Waals surface area contributed by atoms with Gasteiger partial charge < -0.3 is 9.47 Å². The Hall–Kier alpha value is -3.93. The summed E-state index contributed by atoms with van der Waals surface area (Å²) in [6, 6.07) is 7.54. The quantitative estimate of drug-likeness (QED) is 0.422. The molecule has 3 rings (SSSR count). The van der Waals surface area contributed by atoms with Gasteiger partial charge in [-0.3, -0.25) is 35.1 Å². The minimum absolute atomic E-state index is 0.0773. The maximum Gasteiger partial charge on any atom is 0.318 e. The van der Waals surface area contributed by atoms with Gasteiger partial charge in [-0.2, -0.15) is 0 Å². The minimum atomic E-state index is -0.800. The maximum atomic E-state index is 11.7. The van der Waals surface area contributed by atoms with E-state index in [9.17, 15) is 29.8 Å². The van der Waals surface area contributed by atoms with Gasteiger partial charge >= 0.3 is 5.69 Å². The van der Waals surface area contributed by atoms with Crippen molar-refractivity contribution in [1.82, 2.24) is 5.32 Å². The molecule has 2 aromatic carbocycles. The Morgan fingerprint density at radius 1 is 1.00 bits per heavy atom. The lowest BCUT2D eigenvalue weighted by Gasteiger charge is -2.11. The Morgan fingerprint density at radius 2 is 1.72 bits per heavy atom. The van der Waals surface area contributed by atoms with Gasteiger partial charge in [-0.05, 0) is 41.6 Å². The van der Waals surface area contributed by atoms with Crippen molar-refractivity contribution in [2.75, 3.05) is 7.11 Å². The summed E-state index contributed by atoms with van der Waals surface area (Å²) in [6.07, 6.45) is 1.45. The van der Waals surface area contributed by atoms with Crippen molar-refractivity contribution in [1.29, 1.82) is 0 Å². The number of nitro groups is 2. The lowest BCUT2D eigenvalue weighted by molar-refractivity contribution is -0.394. The molecule has 0 aliphatic carbocycles. The molecule has 1 aliphatic rings. The van der Waals surface area contributed by atoms with Gasteiger partial charge in [-0.15, -0.1) is 0 Å². The van der Waals surface area contributed by atoms with Gasteiger partial charge in [0.2, 0.25) is 5.75 Å². The highest BCUT2D eigenvalue weighted by Crippen LogP contribution is 2.39. The van der Waals surface area contributed by atoms with Crippen molar-refractivity contribution >= 4 is 40.4 Å². The Morgan fingerprint density at radius 3 is 2.31 bits per heavy atom. The Balaban J connectivity index is 2.00. The molecule has 0 saturated carbocycles. The van der Waals surface area contributed by atoms with Crippen LogP contribution in [0.4, 0.5) is 16.2 Å². The van der Waals surface area contributed by atoms with Crippen LogP contribution in [-0.2, 0) is 4.79 Å². The number of methoxy groups -OCH3 is 1. The summed E-state index contributed by atoms with van der Waals surface area (Å²) >= 11 is 0.735. The van der Waals surface area contributed by atoms with Crippen LogP contribution < -0.4 is 14.8 Å². The molecule has 0 atom stereocenters. The highest BCUT2D eigenvalue weighted by Gasteiger charge is 2.25. The Labute approximate surface area is 166 Å². The number of thioether (sulfide) groups is 1. The molecule has 0 bridgehead atoms. The van der Waals surface area contributed by atoms with Crippen molar-refractivity contribution in [3.63, 3.8) is 0 Å². The van der Waals surface area contributed by atoms with E-state index in [1.165, 1.54) is 25.3 Å². The van der Waals surface area contributed by atoms with E-state index in [0.29, 0.717) is 5.56 Å². The molecule has 29 heavy (non-hydrogen) atoms. The van der Waals surface area contributed by atoms with Gasteiger partial charge in [-0.25, -0.2) is 0 Å². The first kappa shape index (κ1) is 19.8. The minimum Gasteiger partial charge on any atom is -0.493 e. The van der Waals surface area contributed by atoms with E-state index in [2.05, 4.69) is 5.32 Å². The van der Waals surface area contributed by atoms with Crippen LogP contribution in [0.15, 0.2) is 41.3 Å². The van der Waals surface area contributed by atoms with Crippen LogP contribution in [0.25, 0.3) is 6.08 Å². The number of nitrogens with one attached hydrogen (secondary N) is 1. The number of amides is 2. The molecule has 0 aromatic heterocycles. The first-order valence-corrected chi connectivity index (χ1v) is 8.63. The third kappa shape index (κ3) is 4.32. The molecule has 148 valence electrons. The van der Waals surface area contributed by atoms with Crippen LogP contribution in [-0.4, -0.2) is 28.1 Å². The van der Waals surface area contributed by atoms with E-state index in [-0.39, 0.29) is 22.2 Å². The lowest BCUT2D eigenvalue weighted by atomic mass is 10.2.